The van der Waals surface area contributed by atoms with Gasteiger partial charge in [0, 0.05) is 45.3 Å². The first-order valence-corrected chi connectivity index (χ1v) is 6.68. The molecule has 108 valence electrons. The van der Waals surface area contributed by atoms with Gasteiger partial charge in [-0.3, -0.25) is 9.59 Å². The average Bonchev–Trinajstić information content (AvgIpc) is 3.14. The molecule has 1 aromatic rings. The van der Waals surface area contributed by atoms with Crippen LogP contribution in [0.2, 0.25) is 0 Å². The number of ether oxygens (including phenoxy) is 1. The zero-order valence-corrected chi connectivity index (χ0v) is 11.3. The summed E-state index contributed by atoms with van der Waals surface area (Å²) in [7, 11) is 1.62. The van der Waals surface area contributed by atoms with E-state index in [1.54, 1.807) is 18.1 Å². The molecule has 1 aromatic heterocycles. The highest BCUT2D eigenvalue weighted by Crippen LogP contribution is 2.32. The molecule has 0 unspecified atom stereocenters. The van der Waals surface area contributed by atoms with Crippen molar-refractivity contribution in [3.05, 3.63) is 18.0 Å². The summed E-state index contributed by atoms with van der Waals surface area (Å²) in [5.74, 6) is 0.298. The topological polar surface area (TPSA) is 75.9 Å². The molecule has 0 spiro atoms. The molecular weight excluding hydrogens is 262 g/mol. The number of amides is 2. The smallest absolute Gasteiger partial charge is 0.292 e. The minimum atomic E-state index is -0.187. The van der Waals surface area contributed by atoms with Gasteiger partial charge in [-0.1, -0.05) is 5.16 Å². The molecule has 2 atom stereocenters. The normalized spacial score (nSPS) is 25.4. The van der Waals surface area contributed by atoms with Crippen LogP contribution >= 0.6 is 0 Å². The van der Waals surface area contributed by atoms with Crippen molar-refractivity contribution in [3.63, 3.8) is 0 Å². The molecular formula is C13H17N3O4. The van der Waals surface area contributed by atoms with Crippen LogP contribution in [0.15, 0.2) is 16.8 Å². The summed E-state index contributed by atoms with van der Waals surface area (Å²) < 4.78 is 9.88. The number of aromatic nitrogens is 1. The maximum Gasteiger partial charge on any atom is 0.292 e. The Kier molecular flexibility index (Phi) is 3.43. The number of fused-ring (bicyclic) bond motifs is 1. The van der Waals surface area contributed by atoms with E-state index in [0.717, 1.165) is 0 Å². The lowest BCUT2D eigenvalue weighted by Gasteiger charge is -2.20. The monoisotopic (exact) mass is 279 g/mol. The molecule has 3 heterocycles. The van der Waals surface area contributed by atoms with Gasteiger partial charge in [0.1, 0.15) is 0 Å². The second-order valence-corrected chi connectivity index (χ2v) is 5.23. The predicted molar refractivity (Wildman–Crippen MR) is 67.8 cm³/mol. The highest BCUT2D eigenvalue weighted by Gasteiger charge is 2.47. The molecule has 7 heteroatoms. The van der Waals surface area contributed by atoms with Gasteiger partial charge < -0.3 is 19.1 Å². The summed E-state index contributed by atoms with van der Waals surface area (Å²) in [5, 5.41) is 3.54. The molecule has 0 saturated carbocycles. The van der Waals surface area contributed by atoms with Gasteiger partial charge in [0.15, 0.2) is 0 Å². The first-order valence-electron chi connectivity index (χ1n) is 6.68. The SMILES string of the molecule is COCCN1C[C@@H]2CN(C(=O)c3ccno3)C[C@@H]2C1=O. The van der Waals surface area contributed by atoms with Gasteiger partial charge in [-0.15, -0.1) is 0 Å². The van der Waals surface area contributed by atoms with Gasteiger partial charge in [0.25, 0.3) is 5.91 Å². The number of carbonyl (C=O) groups excluding carboxylic acids is 2. The Morgan fingerprint density at radius 1 is 1.50 bits per heavy atom. The lowest BCUT2D eigenvalue weighted by molar-refractivity contribution is -0.131. The Labute approximate surface area is 116 Å². The Bertz CT molecular complexity index is 502. The standard InChI is InChI=1S/C13H17N3O4/c1-19-5-4-15-6-9-7-16(8-10(9)12(15)17)13(18)11-2-3-14-20-11/h2-3,9-10H,4-8H2,1H3/t9-,10+/m1/s1. The fourth-order valence-electron chi connectivity index (χ4n) is 2.99. The van der Waals surface area contributed by atoms with E-state index in [2.05, 4.69) is 5.16 Å². The first kappa shape index (κ1) is 13.1. The summed E-state index contributed by atoms with van der Waals surface area (Å²) in [4.78, 5) is 27.9. The second-order valence-electron chi connectivity index (χ2n) is 5.23. The van der Waals surface area contributed by atoms with Crippen LogP contribution in [0.1, 0.15) is 10.6 Å². The van der Waals surface area contributed by atoms with Crippen LogP contribution in [-0.4, -0.2) is 66.7 Å². The van der Waals surface area contributed by atoms with Crippen LogP contribution in [0, 0.1) is 11.8 Å². The van der Waals surface area contributed by atoms with Crippen molar-refractivity contribution in [2.45, 2.75) is 0 Å². The van der Waals surface area contributed by atoms with Crippen molar-refractivity contribution < 1.29 is 18.8 Å². The molecule has 0 aromatic carbocycles. The number of carbonyl (C=O) groups is 2. The molecule has 2 saturated heterocycles. The molecule has 20 heavy (non-hydrogen) atoms. The van der Waals surface area contributed by atoms with Crippen molar-refractivity contribution in [2.75, 3.05) is 39.9 Å². The molecule has 3 rings (SSSR count). The Hall–Kier alpha value is -1.89. The third-order valence-electron chi connectivity index (χ3n) is 4.03. The Morgan fingerprint density at radius 3 is 3.00 bits per heavy atom. The number of likely N-dealkylation sites (tertiary alicyclic amines) is 2. The summed E-state index contributed by atoms with van der Waals surface area (Å²) in [5.41, 5.74) is 0. The fourth-order valence-corrected chi connectivity index (χ4v) is 2.99. The van der Waals surface area contributed by atoms with Crippen molar-refractivity contribution in [1.29, 1.82) is 0 Å². The highest BCUT2D eigenvalue weighted by molar-refractivity contribution is 5.92. The molecule has 0 bridgehead atoms. The summed E-state index contributed by atoms with van der Waals surface area (Å²) in [6.45, 7) is 2.93. The van der Waals surface area contributed by atoms with E-state index in [9.17, 15) is 9.59 Å². The fraction of sp³-hybridized carbons (Fsp3) is 0.615. The maximum atomic E-state index is 12.2. The van der Waals surface area contributed by atoms with Crippen molar-refractivity contribution in [2.24, 2.45) is 11.8 Å². The molecule has 2 fully saturated rings. The third-order valence-corrected chi connectivity index (χ3v) is 4.03. The molecule has 0 aliphatic carbocycles. The summed E-state index contributed by atoms with van der Waals surface area (Å²) in [6.07, 6.45) is 1.45. The second kappa shape index (κ2) is 5.24. The number of hydrogen-bond acceptors (Lipinski definition) is 5. The molecule has 0 N–H and O–H groups in total. The van der Waals surface area contributed by atoms with Gasteiger partial charge in [-0.2, -0.15) is 0 Å². The van der Waals surface area contributed by atoms with E-state index < -0.39 is 0 Å². The van der Waals surface area contributed by atoms with Gasteiger partial charge >= 0.3 is 0 Å². The van der Waals surface area contributed by atoms with E-state index in [-0.39, 0.29) is 29.4 Å². The summed E-state index contributed by atoms with van der Waals surface area (Å²) in [6, 6.07) is 1.54. The minimum absolute atomic E-state index is 0.0845. The highest BCUT2D eigenvalue weighted by atomic mass is 16.5. The van der Waals surface area contributed by atoms with Crippen molar-refractivity contribution >= 4 is 11.8 Å². The molecule has 2 amide bonds. The van der Waals surface area contributed by atoms with Gasteiger partial charge in [-0.05, 0) is 0 Å². The first-order chi connectivity index (χ1) is 9.70. The number of rotatable bonds is 4. The average molecular weight is 279 g/mol. The van der Waals surface area contributed by atoms with Gasteiger partial charge in [0.05, 0.1) is 18.7 Å². The minimum Gasteiger partial charge on any atom is -0.383 e. The lowest BCUT2D eigenvalue weighted by Crippen LogP contribution is -2.36. The van der Waals surface area contributed by atoms with Gasteiger partial charge in [-0.25, -0.2) is 0 Å². The predicted octanol–water partition coefficient (Wildman–Crippen LogP) is -0.149. The Morgan fingerprint density at radius 2 is 2.35 bits per heavy atom. The Balaban J connectivity index is 1.62. The van der Waals surface area contributed by atoms with E-state index in [1.165, 1.54) is 6.20 Å². The largest absolute Gasteiger partial charge is 0.383 e. The van der Waals surface area contributed by atoms with E-state index >= 15 is 0 Å². The summed E-state index contributed by atoms with van der Waals surface area (Å²) >= 11 is 0. The quantitative estimate of drug-likeness (QED) is 0.766. The molecule has 7 nitrogen and oxygen atoms in total. The van der Waals surface area contributed by atoms with Crippen molar-refractivity contribution in [1.82, 2.24) is 15.0 Å². The number of methoxy groups -OCH3 is 1. The number of hydrogen-bond donors (Lipinski definition) is 0. The van der Waals surface area contributed by atoms with E-state index in [1.807, 2.05) is 4.90 Å². The molecule has 2 aliphatic heterocycles. The van der Waals surface area contributed by atoms with Crippen LogP contribution in [0.25, 0.3) is 0 Å². The van der Waals surface area contributed by atoms with E-state index in [4.69, 9.17) is 9.26 Å². The van der Waals surface area contributed by atoms with Crippen LogP contribution in [-0.2, 0) is 9.53 Å². The molecule has 0 radical (unpaired) electrons. The maximum absolute atomic E-state index is 12.2. The van der Waals surface area contributed by atoms with Gasteiger partial charge in [0.2, 0.25) is 11.7 Å². The van der Waals surface area contributed by atoms with Crippen LogP contribution in [0.4, 0.5) is 0 Å². The van der Waals surface area contributed by atoms with Crippen molar-refractivity contribution in [3.8, 4) is 0 Å². The molecule has 2 aliphatic rings. The number of nitrogens with zero attached hydrogens (tertiary/aromatic N) is 3. The zero-order chi connectivity index (χ0) is 14.1. The van der Waals surface area contributed by atoms with Crippen LogP contribution in [0.5, 0.6) is 0 Å². The van der Waals surface area contributed by atoms with Crippen LogP contribution in [0.3, 0.4) is 0 Å². The lowest BCUT2D eigenvalue weighted by atomic mass is 10.0. The van der Waals surface area contributed by atoms with Crippen LogP contribution < -0.4 is 0 Å². The van der Waals surface area contributed by atoms with E-state index in [0.29, 0.717) is 32.8 Å². The third kappa shape index (κ3) is 2.18. The zero-order valence-electron chi connectivity index (χ0n) is 11.3.